The van der Waals surface area contributed by atoms with E-state index in [4.69, 9.17) is 9.47 Å². The first-order valence-corrected chi connectivity index (χ1v) is 7.60. The van der Waals surface area contributed by atoms with E-state index < -0.39 is 10.7 Å². The molecular formula is C17H19FN2O5. The summed E-state index contributed by atoms with van der Waals surface area (Å²) in [7, 11) is 1.60. The fourth-order valence-electron chi connectivity index (χ4n) is 2.55. The Hall–Kier alpha value is -2.74. The van der Waals surface area contributed by atoms with Gasteiger partial charge in [0.15, 0.2) is 18.2 Å². The van der Waals surface area contributed by atoms with E-state index in [1.165, 1.54) is 0 Å². The predicted octanol–water partition coefficient (Wildman–Crippen LogP) is 3.06. The third-order valence-electron chi connectivity index (χ3n) is 3.88. The van der Waals surface area contributed by atoms with Crippen molar-refractivity contribution in [1.82, 2.24) is 4.57 Å². The first kappa shape index (κ1) is 18.6. The molecule has 1 heterocycles. The summed E-state index contributed by atoms with van der Waals surface area (Å²) < 4.78 is 26.0. The molecular weight excluding hydrogens is 331 g/mol. The van der Waals surface area contributed by atoms with Crippen molar-refractivity contribution >= 4 is 11.5 Å². The molecule has 0 spiro atoms. The highest BCUT2D eigenvalue weighted by molar-refractivity contribution is 5.98. The molecule has 0 saturated heterocycles. The molecule has 0 radical (unpaired) electrons. The van der Waals surface area contributed by atoms with Crippen LogP contribution in [0.1, 0.15) is 21.7 Å². The van der Waals surface area contributed by atoms with Crippen LogP contribution in [0.25, 0.3) is 0 Å². The number of ketones is 1. The lowest BCUT2D eigenvalue weighted by molar-refractivity contribution is -0.385. The van der Waals surface area contributed by atoms with E-state index in [2.05, 4.69) is 0 Å². The lowest BCUT2D eigenvalue weighted by atomic mass is 10.1. The van der Waals surface area contributed by atoms with Crippen LogP contribution >= 0.6 is 0 Å². The number of hydrogen-bond donors (Lipinski definition) is 0. The van der Waals surface area contributed by atoms with Gasteiger partial charge in [-0.2, -0.15) is 0 Å². The van der Waals surface area contributed by atoms with Crippen LogP contribution in [0.2, 0.25) is 0 Å². The highest BCUT2D eigenvalue weighted by atomic mass is 19.1. The van der Waals surface area contributed by atoms with Crippen molar-refractivity contribution in [2.45, 2.75) is 20.4 Å². The number of rotatable bonds is 8. The van der Waals surface area contributed by atoms with Gasteiger partial charge in [0.2, 0.25) is 5.78 Å². The van der Waals surface area contributed by atoms with Gasteiger partial charge in [-0.05, 0) is 26.0 Å². The monoisotopic (exact) mass is 350 g/mol. The number of halogens is 1. The predicted molar refractivity (Wildman–Crippen MR) is 88.7 cm³/mol. The van der Waals surface area contributed by atoms with Gasteiger partial charge in [-0.25, -0.2) is 4.39 Å². The molecule has 7 nitrogen and oxygen atoms in total. The number of nitro benzene ring substituents is 1. The summed E-state index contributed by atoms with van der Waals surface area (Å²) in [6.07, 6.45) is 0. The molecule has 0 saturated carbocycles. The third kappa shape index (κ3) is 4.21. The number of non-ortho nitro benzene ring substituents is 1. The summed E-state index contributed by atoms with van der Waals surface area (Å²) in [5.74, 6) is -1.38. The van der Waals surface area contributed by atoms with E-state index in [0.717, 1.165) is 29.6 Å². The summed E-state index contributed by atoms with van der Waals surface area (Å²) in [5.41, 5.74) is 1.82. The molecule has 0 unspecified atom stereocenters. The van der Waals surface area contributed by atoms with Gasteiger partial charge < -0.3 is 14.0 Å². The average molecular weight is 350 g/mol. The van der Waals surface area contributed by atoms with Gasteiger partial charge in [0.25, 0.3) is 5.69 Å². The Morgan fingerprint density at radius 3 is 2.64 bits per heavy atom. The van der Waals surface area contributed by atoms with Crippen LogP contribution in [0.4, 0.5) is 10.1 Å². The smallest absolute Gasteiger partial charge is 0.272 e. The second-order valence-corrected chi connectivity index (χ2v) is 5.51. The zero-order valence-electron chi connectivity index (χ0n) is 14.2. The van der Waals surface area contributed by atoms with Gasteiger partial charge in [-0.15, -0.1) is 0 Å². The van der Waals surface area contributed by atoms with Crippen molar-refractivity contribution in [3.8, 4) is 5.75 Å². The van der Waals surface area contributed by atoms with Crippen LogP contribution in [0, 0.1) is 29.8 Å². The van der Waals surface area contributed by atoms with Gasteiger partial charge in [-0.1, -0.05) is 0 Å². The molecule has 134 valence electrons. The fraction of sp³-hybridized carbons (Fsp3) is 0.353. The standard InChI is InChI=1S/C17H19FN2O5/c1-11-8-14(12(2)19(11)6-7-24-3)16(21)10-25-17-5-4-13(20(22)23)9-15(17)18/h4-5,8-9H,6-7,10H2,1-3H3. The second kappa shape index (κ2) is 7.89. The summed E-state index contributed by atoms with van der Waals surface area (Å²) in [6.45, 7) is 4.50. The molecule has 25 heavy (non-hydrogen) atoms. The summed E-state index contributed by atoms with van der Waals surface area (Å²) in [5, 5.41) is 10.6. The minimum Gasteiger partial charge on any atom is -0.482 e. The maximum atomic E-state index is 13.8. The van der Waals surface area contributed by atoms with E-state index in [1.807, 2.05) is 18.4 Å². The number of nitrogens with zero attached hydrogens (tertiary/aromatic N) is 2. The molecule has 0 N–H and O–H groups in total. The Balaban J connectivity index is 2.09. The molecule has 1 aromatic carbocycles. The van der Waals surface area contributed by atoms with E-state index in [1.54, 1.807) is 13.2 Å². The van der Waals surface area contributed by atoms with E-state index in [9.17, 15) is 19.3 Å². The molecule has 2 rings (SSSR count). The molecule has 0 atom stereocenters. The van der Waals surface area contributed by atoms with Gasteiger partial charge in [0.1, 0.15) is 0 Å². The van der Waals surface area contributed by atoms with Crippen molar-refractivity contribution in [3.63, 3.8) is 0 Å². The maximum absolute atomic E-state index is 13.8. The highest BCUT2D eigenvalue weighted by Gasteiger charge is 2.18. The quantitative estimate of drug-likeness (QED) is 0.415. The molecule has 0 aliphatic carbocycles. The minimum absolute atomic E-state index is 0.202. The number of nitro groups is 1. The number of benzene rings is 1. The van der Waals surface area contributed by atoms with Gasteiger partial charge in [-0.3, -0.25) is 14.9 Å². The Morgan fingerprint density at radius 2 is 2.04 bits per heavy atom. The lowest BCUT2D eigenvalue weighted by Gasteiger charge is -2.09. The number of hydrogen-bond acceptors (Lipinski definition) is 5. The SMILES string of the molecule is COCCn1c(C)cc(C(=O)COc2ccc([N+](=O)[O-])cc2F)c1C. The summed E-state index contributed by atoms with van der Waals surface area (Å²) >= 11 is 0. The molecule has 0 aliphatic heterocycles. The first-order valence-electron chi connectivity index (χ1n) is 7.60. The number of carbonyl (C=O) groups is 1. The van der Waals surface area contributed by atoms with Crippen molar-refractivity contribution in [1.29, 1.82) is 0 Å². The summed E-state index contributed by atoms with van der Waals surface area (Å²) in [6, 6.07) is 4.78. The molecule has 1 aromatic heterocycles. The topological polar surface area (TPSA) is 83.6 Å². The number of methoxy groups -OCH3 is 1. The fourth-order valence-corrected chi connectivity index (χ4v) is 2.55. The lowest BCUT2D eigenvalue weighted by Crippen LogP contribution is -2.14. The Bertz CT molecular complexity index is 801. The number of aryl methyl sites for hydroxylation is 1. The van der Waals surface area contributed by atoms with E-state index in [0.29, 0.717) is 18.7 Å². The average Bonchev–Trinajstić information content (AvgIpc) is 2.85. The van der Waals surface area contributed by atoms with Crippen molar-refractivity contribution in [3.05, 3.63) is 57.1 Å². The first-order chi connectivity index (χ1) is 11.8. The van der Waals surface area contributed by atoms with Crippen LogP contribution in [-0.4, -0.2) is 35.6 Å². The van der Waals surface area contributed by atoms with Gasteiger partial charge >= 0.3 is 0 Å². The van der Waals surface area contributed by atoms with Crippen molar-refractivity contribution < 1.29 is 23.6 Å². The number of carbonyl (C=O) groups excluding carboxylic acids is 1. The zero-order valence-corrected chi connectivity index (χ0v) is 14.2. The van der Waals surface area contributed by atoms with Crippen LogP contribution in [-0.2, 0) is 11.3 Å². The minimum atomic E-state index is -0.882. The third-order valence-corrected chi connectivity index (χ3v) is 3.88. The second-order valence-electron chi connectivity index (χ2n) is 5.51. The van der Waals surface area contributed by atoms with E-state index in [-0.39, 0.29) is 23.8 Å². The Labute approximate surface area is 144 Å². The maximum Gasteiger partial charge on any atom is 0.272 e. The molecule has 0 amide bonds. The zero-order chi connectivity index (χ0) is 18.6. The Morgan fingerprint density at radius 1 is 1.32 bits per heavy atom. The van der Waals surface area contributed by atoms with Crippen molar-refractivity contribution in [2.24, 2.45) is 0 Å². The van der Waals surface area contributed by atoms with Gasteiger partial charge in [0.05, 0.1) is 17.6 Å². The molecule has 0 fully saturated rings. The largest absolute Gasteiger partial charge is 0.482 e. The van der Waals surface area contributed by atoms with Crippen LogP contribution < -0.4 is 4.74 Å². The van der Waals surface area contributed by atoms with Gasteiger partial charge in [0, 0.05) is 36.7 Å². The Kier molecular flexibility index (Phi) is 5.87. The molecule has 0 aliphatic rings. The number of aromatic nitrogens is 1. The van der Waals surface area contributed by atoms with Crippen LogP contribution in [0.15, 0.2) is 24.3 Å². The van der Waals surface area contributed by atoms with E-state index >= 15 is 0 Å². The van der Waals surface area contributed by atoms with Crippen LogP contribution in [0.5, 0.6) is 5.75 Å². The number of Topliss-reactive ketones (excluding diaryl/α,β-unsaturated/α-hetero) is 1. The highest BCUT2D eigenvalue weighted by Crippen LogP contribution is 2.23. The molecule has 0 bridgehead atoms. The normalized spacial score (nSPS) is 10.7. The molecule has 8 heteroatoms. The molecule has 2 aromatic rings. The number of ether oxygens (including phenoxy) is 2. The van der Waals surface area contributed by atoms with Crippen LogP contribution in [0.3, 0.4) is 0 Å². The summed E-state index contributed by atoms with van der Waals surface area (Å²) in [4.78, 5) is 22.3. The van der Waals surface area contributed by atoms with Crippen molar-refractivity contribution in [2.75, 3.05) is 20.3 Å².